The van der Waals surface area contributed by atoms with Gasteiger partial charge in [-0.05, 0) is 25.3 Å². The number of aromatic nitrogens is 5. The predicted octanol–water partition coefficient (Wildman–Crippen LogP) is 2.36. The van der Waals surface area contributed by atoms with Crippen molar-refractivity contribution in [1.82, 2.24) is 24.5 Å². The minimum Gasteiger partial charge on any atom is -0.356 e. The second-order valence-corrected chi connectivity index (χ2v) is 6.15. The molecule has 0 bridgehead atoms. The summed E-state index contributed by atoms with van der Waals surface area (Å²) in [6.07, 6.45) is 9.16. The van der Waals surface area contributed by atoms with Crippen LogP contribution in [0, 0.1) is 0 Å². The van der Waals surface area contributed by atoms with E-state index < -0.39 is 0 Å². The average Bonchev–Trinajstić information content (AvgIpc) is 3.01. The molecule has 1 fully saturated rings. The van der Waals surface area contributed by atoms with Gasteiger partial charge >= 0.3 is 0 Å². The van der Waals surface area contributed by atoms with Crippen molar-refractivity contribution in [3.63, 3.8) is 0 Å². The van der Waals surface area contributed by atoms with E-state index in [9.17, 15) is 0 Å². The van der Waals surface area contributed by atoms with E-state index in [0.717, 1.165) is 30.1 Å². The molecule has 1 aliphatic rings. The van der Waals surface area contributed by atoms with E-state index in [-0.39, 0.29) is 0 Å². The number of nitrogens with one attached hydrogen (secondary N) is 1. The molecular weight excluding hydrogens is 302 g/mol. The van der Waals surface area contributed by atoms with Crippen LogP contribution in [0.2, 0.25) is 0 Å². The minimum absolute atomic E-state index is 0.611. The number of anilines is 2. The molecule has 24 heavy (non-hydrogen) atoms. The summed E-state index contributed by atoms with van der Waals surface area (Å²) in [5, 5.41) is 3.32. The fraction of sp³-hybridized carbons (Fsp3) is 0.412. The highest BCUT2D eigenvalue weighted by molar-refractivity contribution is 5.70. The number of imidazole rings is 1. The molecule has 4 heterocycles. The molecule has 0 unspecified atom stereocenters. The standard InChI is InChI=1S/C17H21N7/c1-23-12-21-14-11-20-17(22-16(14)23)19-10-13-6-5-7-18-15(13)24-8-3-2-4-9-24/h5-7,11-12H,2-4,8-10H2,1H3,(H,19,20,22). The van der Waals surface area contributed by atoms with Crippen LogP contribution in [0.1, 0.15) is 24.8 Å². The number of nitrogens with zero attached hydrogens (tertiary/aromatic N) is 6. The number of piperidine rings is 1. The molecule has 0 amide bonds. The summed E-state index contributed by atoms with van der Waals surface area (Å²) in [6.45, 7) is 2.83. The second kappa shape index (κ2) is 6.43. The van der Waals surface area contributed by atoms with Gasteiger partial charge in [0.25, 0.3) is 0 Å². The average molecular weight is 323 g/mol. The molecule has 0 atom stereocenters. The van der Waals surface area contributed by atoms with Crippen LogP contribution in [-0.4, -0.2) is 37.6 Å². The van der Waals surface area contributed by atoms with E-state index in [4.69, 9.17) is 0 Å². The lowest BCUT2D eigenvalue weighted by Gasteiger charge is -2.29. The molecule has 0 aromatic carbocycles. The number of pyridine rings is 1. The highest BCUT2D eigenvalue weighted by Crippen LogP contribution is 2.22. The third-order valence-corrected chi connectivity index (χ3v) is 4.41. The molecule has 3 aromatic rings. The Labute approximate surface area is 140 Å². The van der Waals surface area contributed by atoms with Crippen molar-refractivity contribution in [2.45, 2.75) is 25.8 Å². The monoisotopic (exact) mass is 323 g/mol. The van der Waals surface area contributed by atoms with Gasteiger partial charge in [0.1, 0.15) is 11.3 Å². The van der Waals surface area contributed by atoms with Crippen LogP contribution in [0.3, 0.4) is 0 Å². The number of aryl methyl sites for hydroxylation is 1. The molecule has 1 N–H and O–H groups in total. The lowest BCUT2D eigenvalue weighted by molar-refractivity contribution is 0.572. The van der Waals surface area contributed by atoms with Crippen molar-refractivity contribution in [2.24, 2.45) is 7.05 Å². The summed E-state index contributed by atoms with van der Waals surface area (Å²) >= 11 is 0. The van der Waals surface area contributed by atoms with Crippen molar-refractivity contribution in [3.05, 3.63) is 36.4 Å². The molecule has 7 heteroatoms. The zero-order chi connectivity index (χ0) is 16.4. The normalized spacial score (nSPS) is 15.0. The molecule has 4 rings (SSSR count). The number of hydrogen-bond acceptors (Lipinski definition) is 6. The van der Waals surface area contributed by atoms with Crippen LogP contribution in [-0.2, 0) is 13.6 Å². The van der Waals surface area contributed by atoms with E-state index in [2.05, 4.69) is 36.2 Å². The molecule has 0 radical (unpaired) electrons. The fourth-order valence-corrected chi connectivity index (χ4v) is 3.14. The van der Waals surface area contributed by atoms with Crippen LogP contribution in [0.25, 0.3) is 11.2 Å². The molecule has 0 saturated carbocycles. The van der Waals surface area contributed by atoms with Crippen molar-refractivity contribution < 1.29 is 0 Å². The maximum Gasteiger partial charge on any atom is 0.225 e. The van der Waals surface area contributed by atoms with Crippen molar-refractivity contribution in [1.29, 1.82) is 0 Å². The number of rotatable bonds is 4. The highest BCUT2D eigenvalue weighted by atomic mass is 15.2. The van der Waals surface area contributed by atoms with Gasteiger partial charge in [-0.15, -0.1) is 0 Å². The number of hydrogen-bond donors (Lipinski definition) is 1. The largest absolute Gasteiger partial charge is 0.356 e. The van der Waals surface area contributed by atoms with Crippen LogP contribution in [0.15, 0.2) is 30.9 Å². The Kier molecular flexibility index (Phi) is 3.98. The quantitative estimate of drug-likeness (QED) is 0.795. The first kappa shape index (κ1) is 14.9. The van der Waals surface area contributed by atoms with Gasteiger partial charge in [-0.1, -0.05) is 6.07 Å². The Balaban J connectivity index is 1.53. The summed E-state index contributed by atoms with van der Waals surface area (Å²) < 4.78 is 1.89. The topological polar surface area (TPSA) is 71.8 Å². The van der Waals surface area contributed by atoms with Gasteiger partial charge in [-0.25, -0.2) is 15.0 Å². The minimum atomic E-state index is 0.611. The highest BCUT2D eigenvalue weighted by Gasteiger charge is 2.15. The maximum atomic E-state index is 4.60. The summed E-state index contributed by atoms with van der Waals surface area (Å²) in [4.78, 5) is 20.1. The van der Waals surface area contributed by atoms with E-state index in [1.165, 1.54) is 24.8 Å². The molecule has 7 nitrogen and oxygen atoms in total. The van der Waals surface area contributed by atoms with E-state index >= 15 is 0 Å². The van der Waals surface area contributed by atoms with Gasteiger partial charge in [0, 0.05) is 38.4 Å². The van der Waals surface area contributed by atoms with Crippen LogP contribution in [0.4, 0.5) is 11.8 Å². The van der Waals surface area contributed by atoms with Crippen molar-refractivity contribution >= 4 is 22.9 Å². The third-order valence-electron chi connectivity index (χ3n) is 4.41. The van der Waals surface area contributed by atoms with E-state index in [1.807, 2.05) is 23.9 Å². The number of fused-ring (bicyclic) bond motifs is 1. The van der Waals surface area contributed by atoms with Crippen LogP contribution >= 0.6 is 0 Å². The molecule has 124 valence electrons. The first-order chi connectivity index (χ1) is 11.8. The smallest absolute Gasteiger partial charge is 0.225 e. The van der Waals surface area contributed by atoms with Gasteiger partial charge in [0.05, 0.1) is 12.5 Å². The SMILES string of the molecule is Cn1cnc2cnc(NCc3cccnc3N3CCCCC3)nc21. The molecule has 1 saturated heterocycles. The van der Waals surface area contributed by atoms with Crippen molar-refractivity contribution in [3.8, 4) is 0 Å². The second-order valence-electron chi connectivity index (χ2n) is 6.15. The first-order valence-electron chi connectivity index (χ1n) is 8.38. The van der Waals surface area contributed by atoms with Gasteiger partial charge < -0.3 is 14.8 Å². The summed E-state index contributed by atoms with van der Waals surface area (Å²) in [5.74, 6) is 1.69. The Bertz CT molecular complexity index is 836. The Hall–Kier alpha value is -2.70. The fourth-order valence-electron chi connectivity index (χ4n) is 3.14. The predicted molar refractivity (Wildman–Crippen MR) is 93.9 cm³/mol. The molecule has 3 aromatic heterocycles. The van der Waals surface area contributed by atoms with Gasteiger partial charge in [0.2, 0.25) is 5.95 Å². The van der Waals surface area contributed by atoms with Crippen LogP contribution in [0.5, 0.6) is 0 Å². The Morgan fingerprint density at radius 3 is 2.88 bits per heavy atom. The van der Waals surface area contributed by atoms with Gasteiger partial charge in [0.15, 0.2) is 5.65 Å². The molecule has 0 spiro atoms. The Morgan fingerprint density at radius 2 is 2.00 bits per heavy atom. The van der Waals surface area contributed by atoms with Gasteiger partial charge in [-0.2, -0.15) is 4.98 Å². The zero-order valence-corrected chi connectivity index (χ0v) is 13.8. The lowest BCUT2D eigenvalue weighted by Crippen LogP contribution is -2.31. The molecular formula is C17H21N7. The third kappa shape index (κ3) is 2.89. The molecule has 0 aliphatic carbocycles. The Morgan fingerprint density at radius 1 is 1.12 bits per heavy atom. The van der Waals surface area contributed by atoms with Gasteiger partial charge in [-0.3, -0.25) is 0 Å². The zero-order valence-electron chi connectivity index (χ0n) is 13.8. The summed E-state index contributed by atoms with van der Waals surface area (Å²) in [5.41, 5.74) is 2.81. The lowest BCUT2D eigenvalue weighted by atomic mass is 10.1. The van der Waals surface area contributed by atoms with Crippen LogP contribution < -0.4 is 10.2 Å². The van der Waals surface area contributed by atoms with Crippen molar-refractivity contribution in [2.75, 3.05) is 23.3 Å². The maximum absolute atomic E-state index is 4.60. The van der Waals surface area contributed by atoms with E-state index in [0.29, 0.717) is 12.5 Å². The molecule has 1 aliphatic heterocycles. The first-order valence-corrected chi connectivity index (χ1v) is 8.38. The van der Waals surface area contributed by atoms with E-state index in [1.54, 1.807) is 12.5 Å². The summed E-state index contributed by atoms with van der Waals surface area (Å²) in [6, 6.07) is 4.10. The summed E-state index contributed by atoms with van der Waals surface area (Å²) in [7, 11) is 1.93.